The summed E-state index contributed by atoms with van der Waals surface area (Å²) in [6.45, 7) is 6.56. The first-order valence-corrected chi connectivity index (χ1v) is 9.74. The summed E-state index contributed by atoms with van der Waals surface area (Å²) in [5.74, 6) is 0.619. The number of carbonyl (C=O) groups is 1. The summed E-state index contributed by atoms with van der Waals surface area (Å²) >= 11 is 0. The topological polar surface area (TPSA) is 73.6 Å². The summed E-state index contributed by atoms with van der Waals surface area (Å²) in [6.07, 6.45) is 1.24. The number of carbonyl (C=O) groups excluding carboxylic acids is 1. The van der Waals surface area contributed by atoms with Gasteiger partial charge in [0, 0.05) is 36.1 Å². The second-order valence-electron chi connectivity index (χ2n) is 7.98. The number of methoxy groups -OCH3 is 1. The fourth-order valence-electron chi connectivity index (χ4n) is 3.87. The number of nitrogens with one attached hydrogen (secondary N) is 1. The van der Waals surface area contributed by atoms with Gasteiger partial charge in [-0.05, 0) is 30.7 Å². The predicted molar refractivity (Wildman–Crippen MR) is 112 cm³/mol. The van der Waals surface area contributed by atoms with Crippen LogP contribution in [0.1, 0.15) is 38.3 Å². The Balaban J connectivity index is 1.77. The molecule has 0 radical (unpaired) electrons. The van der Waals surface area contributed by atoms with Crippen molar-refractivity contribution < 1.29 is 14.3 Å². The number of hydrogen-bond acceptors (Lipinski definition) is 4. The Labute approximate surface area is 167 Å². The highest BCUT2D eigenvalue weighted by atomic mass is 16.5. The summed E-state index contributed by atoms with van der Waals surface area (Å²) in [7, 11) is 1.65. The quantitative estimate of drug-likeness (QED) is 0.765. The molecule has 150 valence electrons. The van der Waals surface area contributed by atoms with Crippen molar-refractivity contribution in [3.8, 4) is 5.75 Å². The Bertz CT molecular complexity index is 835. The van der Waals surface area contributed by atoms with E-state index in [0.717, 1.165) is 23.4 Å². The number of amides is 1. The number of benzene rings is 2. The van der Waals surface area contributed by atoms with Crippen molar-refractivity contribution in [2.45, 2.75) is 45.3 Å². The Hall–Kier alpha value is -2.37. The molecule has 3 rings (SSSR count). The lowest BCUT2D eigenvalue weighted by atomic mass is 9.54. The highest BCUT2D eigenvalue weighted by Gasteiger charge is 2.62. The van der Waals surface area contributed by atoms with Crippen LogP contribution in [0, 0.1) is 5.41 Å². The van der Waals surface area contributed by atoms with E-state index >= 15 is 0 Å². The van der Waals surface area contributed by atoms with Crippen molar-refractivity contribution in [2.75, 3.05) is 19.0 Å². The van der Waals surface area contributed by atoms with E-state index in [4.69, 9.17) is 15.2 Å². The van der Waals surface area contributed by atoms with Gasteiger partial charge in [0.15, 0.2) is 0 Å². The van der Waals surface area contributed by atoms with Crippen molar-refractivity contribution in [1.29, 1.82) is 0 Å². The maximum absolute atomic E-state index is 13.0. The van der Waals surface area contributed by atoms with E-state index in [2.05, 4.69) is 17.4 Å². The molecule has 1 fully saturated rings. The molecule has 0 bridgehead atoms. The molecule has 1 aliphatic rings. The van der Waals surface area contributed by atoms with Gasteiger partial charge >= 0.3 is 0 Å². The minimum atomic E-state index is -0.952. The minimum absolute atomic E-state index is 0.00208. The molecular formula is C23H30N2O3. The second kappa shape index (κ2) is 7.94. The second-order valence-corrected chi connectivity index (χ2v) is 7.98. The fraction of sp³-hybridized carbons (Fsp3) is 0.435. The Morgan fingerprint density at radius 2 is 1.93 bits per heavy atom. The van der Waals surface area contributed by atoms with Crippen LogP contribution in [-0.4, -0.2) is 31.3 Å². The van der Waals surface area contributed by atoms with E-state index in [9.17, 15) is 4.79 Å². The Kier molecular flexibility index (Phi) is 5.77. The zero-order chi connectivity index (χ0) is 20.4. The van der Waals surface area contributed by atoms with Crippen LogP contribution in [-0.2, 0) is 16.0 Å². The van der Waals surface area contributed by atoms with Crippen LogP contribution in [0.4, 0.5) is 5.69 Å². The standard InChI is InChI=1S/C23H30N2O3/c1-5-28-20-15-23(24,22(20,2)3)21(26)25-18-11-12-19(27-4)17(14-18)13-16-9-7-6-8-10-16/h6-12,14,20H,5,13,15,24H2,1-4H3,(H,25,26). The highest BCUT2D eigenvalue weighted by molar-refractivity contribution is 6.00. The predicted octanol–water partition coefficient (Wildman–Crippen LogP) is 3.76. The molecule has 3 N–H and O–H groups in total. The van der Waals surface area contributed by atoms with Gasteiger partial charge in [-0.15, -0.1) is 0 Å². The number of anilines is 1. The van der Waals surface area contributed by atoms with Gasteiger partial charge in [-0.3, -0.25) is 4.79 Å². The number of nitrogens with two attached hydrogens (primary N) is 1. The smallest absolute Gasteiger partial charge is 0.245 e. The SMILES string of the molecule is CCOC1CC(N)(C(=O)Nc2ccc(OC)c(Cc3ccccc3)c2)C1(C)C. The van der Waals surface area contributed by atoms with Crippen LogP contribution in [0.2, 0.25) is 0 Å². The van der Waals surface area contributed by atoms with E-state index < -0.39 is 11.0 Å². The molecule has 0 aromatic heterocycles. The summed E-state index contributed by atoms with van der Waals surface area (Å²) in [4.78, 5) is 13.0. The summed E-state index contributed by atoms with van der Waals surface area (Å²) in [5, 5.41) is 3.01. The van der Waals surface area contributed by atoms with E-state index in [0.29, 0.717) is 13.0 Å². The molecule has 1 saturated carbocycles. The van der Waals surface area contributed by atoms with Gasteiger partial charge in [-0.2, -0.15) is 0 Å². The maximum Gasteiger partial charge on any atom is 0.245 e. The molecule has 2 atom stereocenters. The lowest BCUT2D eigenvalue weighted by Gasteiger charge is -2.57. The molecule has 28 heavy (non-hydrogen) atoms. The first-order chi connectivity index (χ1) is 13.3. The van der Waals surface area contributed by atoms with Crippen molar-refractivity contribution in [2.24, 2.45) is 11.1 Å². The van der Waals surface area contributed by atoms with Crippen molar-refractivity contribution >= 4 is 11.6 Å². The van der Waals surface area contributed by atoms with E-state index in [1.807, 2.05) is 57.2 Å². The Morgan fingerprint density at radius 3 is 2.54 bits per heavy atom. The molecule has 0 spiro atoms. The van der Waals surface area contributed by atoms with Crippen LogP contribution < -0.4 is 15.8 Å². The highest BCUT2D eigenvalue weighted by Crippen LogP contribution is 2.50. The molecule has 0 aliphatic heterocycles. The molecule has 0 saturated heterocycles. The third-order valence-corrected chi connectivity index (χ3v) is 6.01. The van der Waals surface area contributed by atoms with Gasteiger partial charge in [-0.25, -0.2) is 0 Å². The van der Waals surface area contributed by atoms with Crippen LogP contribution in [0.3, 0.4) is 0 Å². The van der Waals surface area contributed by atoms with Gasteiger partial charge < -0.3 is 20.5 Å². The minimum Gasteiger partial charge on any atom is -0.496 e. The van der Waals surface area contributed by atoms with E-state index in [-0.39, 0.29) is 12.0 Å². The summed E-state index contributed by atoms with van der Waals surface area (Å²) in [6, 6.07) is 15.9. The van der Waals surface area contributed by atoms with Gasteiger partial charge in [0.25, 0.3) is 0 Å². The average molecular weight is 383 g/mol. The fourth-order valence-corrected chi connectivity index (χ4v) is 3.87. The molecule has 1 amide bonds. The normalized spacial score (nSPS) is 23.0. The first kappa shape index (κ1) is 20.4. The maximum atomic E-state index is 13.0. The summed E-state index contributed by atoms with van der Waals surface area (Å²) < 4.78 is 11.2. The van der Waals surface area contributed by atoms with Gasteiger partial charge in [0.1, 0.15) is 11.3 Å². The third-order valence-electron chi connectivity index (χ3n) is 6.01. The number of rotatable bonds is 7. The molecule has 2 aromatic rings. The van der Waals surface area contributed by atoms with E-state index in [1.165, 1.54) is 5.56 Å². The molecule has 5 nitrogen and oxygen atoms in total. The lowest BCUT2D eigenvalue weighted by Crippen LogP contribution is -2.74. The largest absolute Gasteiger partial charge is 0.496 e. The van der Waals surface area contributed by atoms with Crippen LogP contribution >= 0.6 is 0 Å². The van der Waals surface area contributed by atoms with Gasteiger partial charge in [0.05, 0.1) is 13.2 Å². The molecular weight excluding hydrogens is 352 g/mol. The van der Waals surface area contributed by atoms with Crippen LogP contribution in [0.5, 0.6) is 5.75 Å². The van der Waals surface area contributed by atoms with E-state index in [1.54, 1.807) is 7.11 Å². The van der Waals surface area contributed by atoms with Gasteiger partial charge in [0.2, 0.25) is 5.91 Å². The zero-order valence-corrected chi connectivity index (χ0v) is 17.1. The molecule has 0 heterocycles. The molecule has 1 aliphatic carbocycles. The number of ether oxygens (including phenoxy) is 2. The lowest BCUT2D eigenvalue weighted by molar-refractivity contribution is -0.166. The monoisotopic (exact) mass is 382 g/mol. The zero-order valence-electron chi connectivity index (χ0n) is 17.1. The Morgan fingerprint density at radius 1 is 1.21 bits per heavy atom. The molecule has 5 heteroatoms. The average Bonchev–Trinajstić information content (AvgIpc) is 2.68. The third kappa shape index (κ3) is 3.64. The van der Waals surface area contributed by atoms with Crippen molar-refractivity contribution in [1.82, 2.24) is 0 Å². The van der Waals surface area contributed by atoms with Crippen molar-refractivity contribution in [3.63, 3.8) is 0 Å². The molecule has 2 unspecified atom stereocenters. The first-order valence-electron chi connectivity index (χ1n) is 9.74. The van der Waals surface area contributed by atoms with Crippen LogP contribution in [0.15, 0.2) is 48.5 Å². The molecule has 2 aromatic carbocycles. The summed E-state index contributed by atoms with van der Waals surface area (Å²) in [5.41, 5.74) is 8.03. The van der Waals surface area contributed by atoms with Crippen molar-refractivity contribution in [3.05, 3.63) is 59.7 Å². The van der Waals surface area contributed by atoms with Gasteiger partial charge in [-0.1, -0.05) is 44.2 Å². The number of hydrogen-bond donors (Lipinski definition) is 2. The van der Waals surface area contributed by atoms with Crippen LogP contribution in [0.25, 0.3) is 0 Å².